The van der Waals surface area contributed by atoms with E-state index in [9.17, 15) is 4.79 Å². The van der Waals surface area contributed by atoms with Gasteiger partial charge in [0, 0.05) is 49.5 Å². The molecule has 6 nitrogen and oxygen atoms in total. The van der Waals surface area contributed by atoms with Crippen molar-refractivity contribution >= 4 is 16.7 Å². The number of amides is 1. The molecule has 0 radical (unpaired) electrons. The molecule has 0 bridgehead atoms. The Morgan fingerprint density at radius 3 is 2.58 bits per heavy atom. The summed E-state index contributed by atoms with van der Waals surface area (Å²) in [5.41, 5.74) is 5.82. The van der Waals surface area contributed by atoms with Crippen LogP contribution in [0.4, 0.5) is 0 Å². The van der Waals surface area contributed by atoms with Crippen molar-refractivity contribution in [3.05, 3.63) is 64.5 Å². The van der Waals surface area contributed by atoms with E-state index in [1.807, 2.05) is 18.5 Å². The van der Waals surface area contributed by atoms with E-state index in [2.05, 4.69) is 46.8 Å². The maximum atomic E-state index is 13.3. The first kappa shape index (κ1) is 24.6. The highest BCUT2D eigenvalue weighted by molar-refractivity contribution is 5.97. The van der Waals surface area contributed by atoms with Crippen molar-refractivity contribution in [3.63, 3.8) is 0 Å². The summed E-state index contributed by atoms with van der Waals surface area (Å²) in [4.78, 5) is 22.4. The van der Waals surface area contributed by atoms with E-state index in [1.54, 1.807) is 14.2 Å². The molecule has 1 saturated heterocycles. The van der Waals surface area contributed by atoms with E-state index in [1.165, 1.54) is 40.5 Å². The molecule has 36 heavy (non-hydrogen) atoms. The molecular weight excluding hydrogens is 450 g/mol. The molecule has 0 spiro atoms. The van der Waals surface area contributed by atoms with Gasteiger partial charge in [0.2, 0.25) is 0 Å². The molecule has 1 atom stereocenters. The van der Waals surface area contributed by atoms with Gasteiger partial charge in [-0.15, -0.1) is 0 Å². The minimum Gasteiger partial charge on any atom is -0.493 e. The fourth-order valence-corrected chi connectivity index (χ4v) is 5.83. The van der Waals surface area contributed by atoms with Crippen LogP contribution in [-0.4, -0.2) is 67.6 Å². The van der Waals surface area contributed by atoms with Crippen molar-refractivity contribution in [2.24, 2.45) is 5.92 Å². The second-order valence-electron chi connectivity index (χ2n) is 10.4. The van der Waals surface area contributed by atoms with Gasteiger partial charge in [-0.1, -0.05) is 6.07 Å². The van der Waals surface area contributed by atoms with E-state index in [0.717, 1.165) is 68.0 Å². The van der Waals surface area contributed by atoms with Crippen LogP contribution in [0.15, 0.2) is 36.7 Å². The maximum Gasteiger partial charge on any atom is 0.254 e. The second kappa shape index (κ2) is 10.5. The lowest BCUT2D eigenvalue weighted by molar-refractivity contribution is 0.0662. The number of methoxy groups -OCH3 is 2. The number of benzene rings is 2. The van der Waals surface area contributed by atoms with Crippen LogP contribution in [0.2, 0.25) is 0 Å². The van der Waals surface area contributed by atoms with Gasteiger partial charge in [0.25, 0.3) is 5.91 Å². The van der Waals surface area contributed by atoms with Crippen molar-refractivity contribution in [2.75, 3.05) is 46.9 Å². The van der Waals surface area contributed by atoms with Crippen LogP contribution in [0.5, 0.6) is 11.5 Å². The number of ether oxygens (including phenoxy) is 2. The van der Waals surface area contributed by atoms with Crippen LogP contribution in [0, 0.1) is 19.8 Å². The second-order valence-corrected chi connectivity index (χ2v) is 10.4. The third-order valence-electron chi connectivity index (χ3n) is 8.01. The van der Waals surface area contributed by atoms with Crippen molar-refractivity contribution in [1.82, 2.24) is 14.8 Å². The summed E-state index contributed by atoms with van der Waals surface area (Å²) in [6.45, 7) is 9.05. The molecule has 2 aromatic carbocycles. The number of nitrogens with zero attached hydrogens (tertiary/aromatic N) is 3. The van der Waals surface area contributed by atoms with E-state index in [4.69, 9.17) is 9.47 Å². The maximum absolute atomic E-state index is 13.3. The van der Waals surface area contributed by atoms with Crippen LogP contribution < -0.4 is 9.47 Å². The van der Waals surface area contributed by atoms with E-state index < -0.39 is 0 Å². The molecule has 1 aromatic heterocycles. The monoisotopic (exact) mass is 487 g/mol. The normalized spacial score (nSPS) is 18.4. The topological polar surface area (TPSA) is 54.9 Å². The Bertz CT molecular complexity index is 1270. The number of fused-ring (bicyclic) bond motifs is 2. The van der Waals surface area contributed by atoms with Gasteiger partial charge in [-0.3, -0.25) is 9.78 Å². The Morgan fingerprint density at radius 1 is 1.00 bits per heavy atom. The van der Waals surface area contributed by atoms with Crippen molar-refractivity contribution < 1.29 is 14.3 Å². The quantitative estimate of drug-likeness (QED) is 0.478. The molecular formula is C30H37N3O3. The predicted octanol–water partition coefficient (Wildman–Crippen LogP) is 4.82. The molecule has 1 unspecified atom stereocenters. The van der Waals surface area contributed by atoms with Crippen LogP contribution in [-0.2, 0) is 12.8 Å². The zero-order chi connectivity index (χ0) is 25.2. The summed E-state index contributed by atoms with van der Waals surface area (Å²) in [6.07, 6.45) is 8.12. The smallest absolute Gasteiger partial charge is 0.254 e. The lowest BCUT2D eigenvalue weighted by Crippen LogP contribution is -2.45. The molecule has 0 N–H and O–H groups in total. The van der Waals surface area contributed by atoms with Crippen LogP contribution in [0.1, 0.15) is 45.5 Å². The van der Waals surface area contributed by atoms with Gasteiger partial charge in [0.1, 0.15) is 0 Å². The number of carbonyl (C=O) groups excluding carboxylic acids is 1. The number of likely N-dealkylation sites (tertiary alicyclic amines) is 1. The first-order valence-corrected chi connectivity index (χ1v) is 13.1. The van der Waals surface area contributed by atoms with Crippen molar-refractivity contribution in [1.29, 1.82) is 0 Å². The SMILES string of the molecule is COc1cc2cncc(CCN3CCCC(CN4CCc5cc(C)c(C)cc5C4=O)C3)c2cc1OC. The summed E-state index contributed by atoms with van der Waals surface area (Å²) in [7, 11) is 3.33. The summed E-state index contributed by atoms with van der Waals surface area (Å²) >= 11 is 0. The van der Waals surface area contributed by atoms with E-state index in [-0.39, 0.29) is 5.91 Å². The Kier molecular flexibility index (Phi) is 7.15. The van der Waals surface area contributed by atoms with Gasteiger partial charge < -0.3 is 19.3 Å². The number of hydrogen-bond donors (Lipinski definition) is 0. The summed E-state index contributed by atoms with van der Waals surface area (Å²) < 4.78 is 11.0. The average molecular weight is 488 g/mol. The molecule has 5 rings (SSSR count). The van der Waals surface area contributed by atoms with Gasteiger partial charge in [-0.2, -0.15) is 0 Å². The number of pyridine rings is 1. The standard InChI is InChI=1S/C30H37N3O3/c1-20-12-23-8-11-33(30(34)27(23)13-21(20)2)19-22-6-5-9-32(18-22)10-7-24-16-31-17-25-14-28(35-3)29(36-4)15-26(24)25/h12-17,22H,5-11,18-19H2,1-4H3. The summed E-state index contributed by atoms with van der Waals surface area (Å²) in [5, 5.41) is 2.23. The number of carbonyl (C=O) groups is 1. The van der Waals surface area contributed by atoms with Gasteiger partial charge >= 0.3 is 0 Å². The Hall–Kier alpha value is -3.12. The summed E-state index contributed by atoms with van der Waals surface area (Å²) in [5.74, 6) is 2.20. The fourth-order valence-electron chi connectivity index (χ4n) is 5.83. The van der Waals surface area contributed by atoms with Gasteiger partial charge in [0.15, 0.2) is 11.5 Å². The first-order valence-electron chi connectivity index (χ1n) is 13.1. The molecule has 2 aliphatic heterocycles. The molecule has 2 aliphatic rings. The molecule has 3 heterocycles. The fraction of sp³-hybridized carbons (Fsp3) is 0.467. The minimum absolute atomic E-state index is 0.211. The van der Waals surface area contributed by atoms with Gasteiger partial charge in [-0.25, -0.2) is 0 Å². The Labute approximate surface area is 214 Å². The first-order chi connectivity index (χ1) is 17.5. The highest BCUT2D eigenvalue weighted by atomic mass is 16.5. The lowest BCUT2D eigenvalue weighted by atomic mass is 9.92. The summed E-state index contributed by atoms with van der Waals surface area (Å²) in [6, 6.07) is 8.36. The molecule has 3 aromatic rings. The molecule has 190 valence electrons. The van der Waals surface area contributed by atoms with Gasteiger partial charge in [0.05, 0.1) is 14.2 Å². The third kappa shape index (κ3) is 4.92. The molecule has 1 amide bonds. The number of hydrogen-bond acceptors (Lipinski definition) is 5. The Balaban J connectivity index is 1.23. The zero-order valence-corrected chi connectivity index (χ0v) is 22.0. The van der Waals surface area contributed by atoms with Crippen LogP contribution in [0.25, 0.3) is 10.8 Å². The van der Waals surface area contributed by atoms with Crippen LogP contribution in [0.3, 0.4) is 0 Å². The molecule has 0 aliphatic carbocycles. The van der Waals surface area contributed by atoms with Crippen molar-refractivity contribution in [2.45, 2.75) is 39.5 Å². The van der Waals surface area contributed by atoms with E-state index in [0.29, 0.717) is 5.92 Å². The Morgan fingerprint density at radius 2 is 1.78 bits per heavy atom. The molecule has 6 heteroatoms. The number of rotatable bonds is 7. The zero-order valence-electron chi connectivity index (χ0n) is 22.0. The number of aryl methyl sites for hydroxylation is 2. The molecule has 1 fully saturated rings. The molecule has 0 saturated carbocycles. The predicted molar refractivity (Wildman–Crippen MR) is 143 cm³/mol. The highest BCUT2D eigenvalue weighted by Crippen LogP contribution is 2.33. The largest absolute Gasteiger partial charge is 0.493 e. The van der Waals surface area contributed by atoms with Crippen LogP contribution >= 0.6 is 0 Å². The van der Waals surface area contributed by atoms with E-state index >= 15 is 0 Å². The number of aromatic nitrogens is 1. The highest BCUT2D eigenvalue weighted by Gasteiger charge is 2.29. The minimum atomic E-state index is 0.211. The lowest BCUT2D eigenvalue weighted by Gasteiger charge is -2.37. The number of piperidine rings is 1. The van der Waals surface area contributed by atoms with Gasteiger partial charge in [-0.05, 0) is 97.8 Å². The average Bonchev–Trinajstić information content (AvgIpc) is 2.89. The third-order valence-corrected chi connectivity index (χ3v) is 8.01. The van der Waals surface area contributed by atoms with Crippen molar-refractivity contribution in [3.8, 4) is 11.5 Å².